The van der Waals surface area contributed by atoms with Crippen molar-refractivity contribution in [3.63, 3.8) is 0 Å². The van der Waals surface area contributed by atoms with E-state index in [2.05, 4.69) is 19.1 Å². The fraction of sp³-hybridized carbons (Fsp3) is 0.500. The molecule has 1 aromatic rings. The summed E-state index contributed by atoms with van der Waals surface area (Å²) >= 11 is 0. The molecule has 16 heavy (non-hydrogen) atoms. The van der Waals surface area contributed by atoms with Crippen molar-refractivity contribution in [1.29, 1.82) is 0 Å². The van der Waals surface area contributed by atoms with Crippen molar-refractivity contribution >= 4 is 5.97 Å². The highest BCUT2D eigenvalue weighted by atomic mass is 16.4. The topological polar surface area (TPSA) is 37.3 Å². The van der Waals surface area contributed by atoms with Crippen molar-refractivity contribution in [1.82, 2.24) is 0 Å². The Labute approximate surface area is 98.3 Å². The lowest BCUT2D eigenvalue weighted by Gasteiger charge is -2.15. The van der Waals surface area contributed by atoms with Crippen LogP contribution in [0.1, 0.15) is 39.2 Å². The van der Waals surface area contributed by atoms with Crippen LogP contribution in [0.4, 0.5) is 0 Å². The Bertz CT molecular complexity index is 296. The Morgan fingerprint density at radius 1 is 1.19 bits per heavy atom. The zero-order valence-corrected chi connectivity index (χ0v) is 10.7. The third-order valence-corrected chi connectivity index (χ3v) is 2.03. The maximum absolute atomic E-state index is 10.0. The second kappa shape index (κ2) is 7.04. The van der Waals surface area contributed by atoms with Gasteiger partial charge in [0.2, 0.25) is 0 Å². The summed E-state index contributed by atoms with van der Waals surface area (Å²) in [5, 5.41) is 8.28. The van der Waals surface area contributed by atoms with E-state index in [1.165, 1.54) is 5.56 Å². The van der Waals surface area contributed by atoms with Crippen molar-refractivity contribution < 1.29 is 9.90 Å². The first-order valence-corrected chi connectivity index (χ1v) is 5.55. The summed E-state index contributed by atoms with van der Waals surface area (Å²) in [7, 11) is 0. The van der Waals surface area contributed by atoms with Gasteiger partial charge in [-0.1, -0.05) is 56.7 Å². The van der Waals surface area contributed by atoms with Gasteiger partial charge in [-0.3, -0.25) is 4.79 Å². The smallest absolute Gasteiger partial charge is 0.303 e. The van der Waals surface area contributed by atoms with Gasteiger partial charge < -0.3 is 5.11 Å². The van der Waals surface area contributed by atoms with Crippen molar-refractivity contribution in [3.05, 3.63) is 35.9 Å². The Kier molecular flexibility index (Phi) is 6.47. The summed E-state index contributed by atoms with van der Waals surface area (Å²) < 4.78 is 0. The van der Waals surface area contributed by atoms with Gasteiger partial charge in [0.25, 0.3) is 0 Å². The Morgan fingerprint density at radius 2 is 1.69 bits per heavy atom. The van der Waals surface area contributed by atoms with Gasteiger partial charge in [0.1, 0.15) is 0 Å². The largest absolute Gasteiger partial charge is 0.481 e. The molecule has 0 atom stereocenters. The van der Waals surface area contributed by atoms with E-state index in [1.807, 2.05) is 39.0 Å². The molecule has 1 N–H and O–H groups in total. The number of aryl methyl sites for hydroxylation is 1. The van der Waals surface area contributed by atoms with Crippen LogP contribution in [-0.4, -0.2) is 11.1 Å². The van der Waals surface area contributed by atoms with Crippen LogP contribution in [-0.2, 0) is 4.79 Å². The van der Waals surface area contributed by atoms with Crippen LogP contribution in [0.3, 0.4) is 0 Å². The zero-order valence-electron chi connectivity index (χ0n) is 10.7. The fourth-order valence-corrected chi connectivity index (χ4v) is 1.02. The number of rotatable bonds is 2. The molecule has 0 saturated heterocycles. The summed E-state index contributed by atoms with van der Waals surface area (Å²) in [5.41, 5.74) is 1.47. The number of carboxylic acids is 1. The highest BCUT2D eigenvalue weighted by Crippen LogP contribution is 2.19. The molecule has 0 bridgehead atoms. The van der Waals surface area contributed by atoms with Crippen molar-refractivity contribution in [2.45, 2.75) is 40.5 Å². The number of carboxylic acid groups (broad SMARTS) is 1. The summed E-state index contributed by atoms with van der Waals surface area (Å²) in [6.45, 7) is 8.20. The van der Waals surface area contributed by atoms with E-state index < -0.39 is 5.97 Å². The molecule has 0 aliphatic rings. The average molecular weight is 222 g/mol. The highest BCUT2D eigenvalue weighted by Gasteiger charge is 2.11. The predicted molar refractivity (Wildman–Crippen MR) is 67.5 cm³/mol. The van der Waals surface area contributed by atoms with E-state index in [4.69, 9.17) is 5.11 Å². The van der Waals surface area contributed by atoms with Crippen LogP contribution in [0.5, 0.6) is 0 Å². The quantitative estimate of drug-likeness (QED) is 0.824. The molecule has 1 rings (SSSR count). The zero-order chi connectivity index (χ0) is 12.6. The second-order valence-corrected chi connectivity index (χ2v) is 5.11. The number of aliphatic carboxylic acids is 1. The van der Waals surface area contributed by atoms with Gasteiger partial charge in [-0.25, -0.2) is 0 Å². The number of hydrogen-bond acceptors (Lipinski definition) is 1. The SMILES string of the molecule is CC(C)(C)CCC(=O)O.Cc1ccccc1. The van der Waals surface area contributed by atoms with Crippen LogP contribution in [0.25, 0.3) is 0 Å². The first-order chi connectivity index (χ1) is 7.31. The Morgan fingerprint density at radius 3 is 1.88 bits per heavy atom. The molecule has 0 heterocycles. The van der Waals surface area contributed by atoms with Crippen LogP contribution in [0.2, 0.25) is 0 Å². The van der Waals surface area contributed by atoms with Crippen LogP contribution >= 0.6 is 0 Å². The lowest BCUT2D eigenvalue weighted by Crippen LogP contribution is -2.07. The van der Waals surface area contributed by atoms with E-state index in [1.54, 1.807) is 0 Å². The van der Waals surface area contributed by atoms with E-state index in [0.29, 0.717) is 0 Å². The minimum atomic E-state index is -0.704. The first-order valence-electron chi connectivity index (χ1n) is 5.55. The lowest BCUT2D eigenvalue weighted by atomic mass is 9.91. The Hall–Kier alpha value is -1.31. The van der Waals surface area contributed by atoms with Crippen molar-refractivity contribution in [2.75, 3.05) is 0 Å². The molecule has 90 valence electrons. The number of benzene rings is 1. The normalized spacial score (nSPS) is 10.2. The van der Waals surface area contributed by atoms with Crippen molar-refractivity contribution in [2.24, 2.45) is 5.41 Å². The van der Waals surface area contributed by atoms with Crippen LogP contribution in [0, 0.1) is 12.3 Å². The lowest BCUT2D eigenvalue weighted by molar-refractivity contribution is -0.137. The first kappa shape index (κ1) is 14.7. The highest BCUT2D eigenvalue weighted by molar-refractivity contribution is 5.66. The van der Waals surface area contributed by atoms with Gasteiger partial charge >= 0.3 is 5.97 Å². The molecule has 2 nitrogen and oxygen atoms in total. The minimum Gasteiger partial charge on any atom is -0.481 e. The van der Waals surface area contributed by atoms with Gasteiger partial charge in [0.15, 0.2) is 0 Å². The van der Waals surface area contributed by atoms with Gasteiger partial charge in [-0.05, 0) is 18.8 Å². The summed E-state index contributed by atoms with van der Waals surface area (Å²) in [4.78, 5) is 10.0. The monoisotopic (exact) mass is 222 g/mol. The van der Waals surface area contributed by atoms with Gasteiger partial charge in [-0.15, -0.1) is 0 Å². The van der Waals surface area contributed by atoms with Crippen LogP contribution in [0.15, 0.2) is 30.3 Å². The summed E-state index contributed by atoms with van der Waals surface area (Å²) in [6.07, 6.45) is 1.03. The van der Waals surface area contributed by atoms with Crippen molar-refractivity contribution in [3.8, 4) is 0 Å². The van der Waals surface area contributed by atoms with E-state index in [0.717, 1.165) is 6.42 Å². The molecule has 0 unspecified atom stereocenters. The minimum absolute atomic E-state index is 0.151. The molecule has 0 aromatic heterocycles. The maximum atomic E-state index is 10.0. The number of carbonyl (C=O) groups is 1. The molecule has 0 saturated carbocycles. The van der Waals surface area contributed by atoms with Gasteiger partial charge in [-0.2, -0.15) is 0 Å². The van der Waals surface area contributed by atoms with E-state index in [-0.39, 0.29) is 11.8 Å². The molecule has 0 spiro atoms. The molecule has 0 fully saturated rings. The molecule has 2 heteroatoms. The predicted octanol–water partition coefficient (Wildman–Crippen LogP) is 3.89. The van der Waals surface area contributed by atoms with E-state index >= 15 is 0 Å². The third-order valence-electron chi connectivity index (χ3n) is 2.03. The summed E-state index contributed by atoms with van der Waals surface area (Å²) in [6, 6.07) is 10.3. The third kappa shape index (κ3) is 10.8. The summed E-state index contributed by atoms with van der Waals surface area (Å²) in [5.74, 6) is -0.704. The number of hydrogen-bond donors (Lipinski definition) is 1. The molecular weight excluding hydrogens is 200 g/mol. The van der Waals surface area contributed by atoms with Gasteiger partial charge in [0.05, 0.1) is 0 Å². The molecular formula is C14H22O2. The maximum Gasteiger partial charge on any atom is 0.303 e. The molecule has 0 aliphatic heterocycles. The van der Waals surface area contributed by atoms with Gasteiger partial charge in [0, 0.05) is 6.42 Å². The molecule has 0 amide bonds. The fourth-order valence-electron chi connectivity index (χ4n) is 1.02. The Balaban J connectivity index is 0.000000288. The standard InChI is InChI=1S/C7H14O2.C7H8/c1-7(2,3)5-4-6(8)9;1-7-5-3-2-4-6-7/h4-5H2,1-3H3,(H,8,9);2-6H,1H3. The molecule has 0 radical (unpaired) electrons. The average Bonchev–Trinajstić information content (AvgIpc) is 2.16. The van der Waals surface area contributed by atoms with Crippen LogP contribution < -0.4 is 0 Å². The second-order valence-electron chi connectivity index (χ2n) is 5.11. The molecule has 1 aromatic carbocycles. The molecule has 0 aliphatic carbocycles. The van der Waals surface area contributed by atoms with E-state index in [9.17, 15) is 4.79 Å².